The molecule has 1 nitrogen and oxygen atoms in total. The maximum atomic E-state index is 11.5. The first-order valence-electron chi connectivity index (χ1n) is 5.00. The first-order chi connectivity index (χ1) is 5.47. The predicted molar refractivity (Wildman–Crippen MR) is 53.0 cm³/mol. The number of carbonyl (C=O) groups excluding carboxylic acids is 1. The lowest BCUT2D eigenvalue weighted by atomic mass is 9.55. The molecule has 0 aromatic carbocycles. The lowest BCUT2D eigenvalue weighted by Gasteiger charge is -2.58. The summed E-state index contributed by atoms with van der Waals surface area (Å²) < 4.78 is 0. The van der Waals surface area contributed by atoms with E-state index in [-0.39, 0.29) is 5.41 Å². The first kappa shape index (κ1) is 8.48. The summed E-state index contributed by atoms with van der Waals surface area (Å²) in [6, 6.07) is 0. The summed E-state index contributed by atoms with van der Waals surface area (Å²) in [5.41, 5.74) is 1.04. The first-order valence-corrected chi connectivity index (χ1v) is 8.58. The Hall–Kier alpha value is -0.113. The largest absolute Gasteiger partial charge is 0.299 e. The minimum absolute atomic E-state index is 0.227. The van der Waals surface area contributed by atoms with Gasteiger partial charge in [-0.05, 0) is 18.4 Å². The molecular formula is C10H18OSi. The van der Waals surface area contributed by atoms with Crippen LogP contribution in [0.2, 0.25) is 25.2 Å². The molecule has 0 aliphatic heterocycles. The van der Waals surface area contributed by atoms with Crippen LogP contribution in [-0.2, 0) is 4.79 Å². The molecule has 2 heteroatoms. The second-order valence-electron chi connectivity index (χ2n) is 5.56. The van der Waals surface area contributed by atoms with Crippen LogP contribution in [-0.4, -0.2) is 13.9 Å². The van der Waals surface area contributed by atoms with E-state index in [0.717, 1.165) is 12.0 Å². The molecule has 1 atom stereocenters. The van der Waals surface area contributed by atoms with Crippen LogP contribution >= 0.6 is 0 Å². The number of hydrogen-bond acceptors (Lipinski definition) is 1. The molecule has 2 fully saturated rings. The van der Waals surface area contributed by atoms with E-state index >= 15 is 0 Å². The van der Waals surface area contributed by atoms with E-state index in [9.17, 15) is 4.79 Å². The summed E-state index contributed by atoms with van der Waals surface area (Å²) in [7, 11) is -1.04. The van der Waals surface area contributed by atoms with Gasteiger partial charge in [-0.2, -0.15) is 0 Å². The highest BCUT2D eigenvalue weighted by atomic mass is 28.3. The molecule has 0 heterocycles. The fraction of sp³-hybridized carbons (Fsp3) is 0.900. The number of hydrogen-bond donors (Lipinski definition) is 0. The van der Waals surface area contributed by atoms with Gasteiger partial charge in [0.25, 0.3) is 0 Å². The number of Topliss-reactive ketones (excluding diaryl/α,β-unsaturated/α-hetero) is 1. The Morgan fingerprint density at radius 2 is 1.92 bits per heavy atom. The Labute approximate surface area is 75.6 Å². The molecule has 0 amide bonds. The SMILES string of the molecule is C[Si](C)(C)C1CC(=O)C12CCC2. The Kier molecular flexibility index (Phi) is 1.57. The summed E-state index contributed by atoms with van der Waals surface area (Å²) in [6.07, 6.45) is 4.63. The number of carbonyl (C=O) groups is 1. The van der Waals surface area contributed by atoms with Gasteiger partial charge in [0, 0.05) is 19.9 Å². The summed E-state index contributed by atoms with van der Waals surface area (Å²) in [4.78, 5) is 11.5. The van der Waals surface area contributed by atoms with Gasteiger partial charge in [0.1, 0.15) is 5.78 Å². The average molecular weight is 182 g/mol. The van der Waals surface area contributed by atoms with Gasteiger partial charge in [-0.1, -0.05) is 26.1 Å². The molecule has 0 bridgehead atoms. The highest BCUT2D eigenvalue weighted by molar-refractivity contribution is 6.78. The molecule has 0 saturated heterocycles. The van der Waals surface area contributed by atoms with E-state index in [4.69, 9.17) is 0 Å². The molecule has 2 rings (SSSR count). The van der Waals surface area contributed by atoms with Gasteiger partial charge in [-0.25, -0.2) is 0 Å². The van der Waals surface area contributed by atoms with Crippen molar-refractivity contribution in [2.45, 2.75) is 50.9 Å². The van der Waals surface area contributed by atoms with Crippen LogP contribution in [0.1, 0.15) is 25.7 Å². The zero-order chi connectivity index (χ0) is 8.98. The van der Waals surface area contributed by atoms with Gasteiger partial charge >= 0.3 is 0 Å². The van der Waals surface area contributed by atoms with E-state index in [1.165, 1.54) is 19.3 Å². The van der Waals surface area contributed by atoms with Crippen molar-refractivity contribution in [1.29, 1.82) is 0 Å². The van der Waals surface area contributed by atoms with Crippen molar-refractivity contribution in [2.75, 3.05) is 0 Å². The van der Waals surface area contributed by atoms with Crippen LogP contribution in [0.5, 0.6) is 0 Å². The van der Waals surface area contributed by atoms with Crippen molar-refractivity contribution in [3.8, 4) is 0 Å². The standard InChI is InChI=1S/C10H18OSi/c1-12(2,3)9-7-8(11)10(9)5-4-6-10/h9H,4-7H2,1-3H3. The average Bonchev–Trinajstić information content (AvgIpc) is 1.76. The van der Waals surface area contributed by atoms with Crippen LogP contribution in [0.3, 0.4) is 0 Å². The van der Waals surface area contributed by atoms with Crippen molar-refractivity contribution < 1.29 is 4.79 Å². The molecular weight excluding hydrogens is 164 g/mol. The Balaban J connectivity index is 2.16. The topological polar surface area (TPSA) is 17.1 Å². The van der Waals surface area contributed by atoms with Crippen molar-refractivity contribution in [2.24, 2.45) is 5.41 Å². The van der Waals surface area contributed by atoms with Gasteiger partial charge in [-0.15, -0.1) is 0 Å². The third-order valence-corrected chi connectivity index (χ3v) is 6.75. The zero-order valence-electron chi connectivity index (χ0n) is 8.31. The molecule has 2 aliphatic rings. The molecule has 0 aromatic heterocycles. The van der Waals surface area contributed by atoms with Crippen LogP contribution in [0.15, 0.2) is 0 Å². The Morgan fingerprint density at radius 1 is 1.33 bits per heavy atom. The zero-order valence-corrected chi connectivity index (χ0v) is 9.31. The summed E-state index contributed by atoms with van der Waals surface area (Å²) in [6.45, 7) is 7.22. The molecule has 2 saturated carbocycles. The van der Waals surface area contributed by atoms with Crippen LogP contribution in [0.25, 0.3) is 0 Å². The second kappa shape index (κ2) is 2.22. The fourth-order valence-corrected chi connectivity index (χ4v) is 5.87. The molecule has 0 radical (unpaired) electrons. The number of ketones is 1. The van der Waals surface area contributed by atoms with Gasteiger partial charge in [-0.3, -0.25) is 4.79 Å². The van der Waals surface area contributed by atoms with Gasteiger partial charge in [0.05, 0.1) is 0 Å². The van der Waals surface area contributed by atoms with Crippen molar-refractivity contribution in [1.82, 2.24) is 0 Å². The minimum atomic E-state index is -1.04. The Bertz CT molecular complexity index is 222. The summed E-state index contributed by atoms with van der Waals surface area (Å²) in [5, 5.41) is 0. The monoisotopic (exact) mass is 182 g/mol. The van der Waals surface area contributed by atoms with E-state index in [1.807, 2.05) is 0 Å². The second-order valence-corrected chi connectivity index (χ2v) is 11.0. The quantitative estimate of drug-likeness (QED) is 0.570. The predicted octanol–water partition coefficient (Wildman–Crippen LogP) is 2.84. The van der Waals surface area contributed by atoms with Crippen LogP contribution in [0.4, 0.5) is 0 Å². The highest BCUT2D eigenvalue weighted by Gasteiger charge is 2.61. The van der Waals surface area contributed by atoms with E-state index < -0.39 is 8.07 Å². The molecule has 1 spiro atoms. The minimum Gasteiger partial charge on any atom is -0.299 e. The lowest BCUT2D eigenvalue weighted by molar-refractivity contribution is -0.145. The molecule has 68 valence electrons. The van der Waals surface area contributed by atoms with Gasteiger partial charge in [0.2, 0.25) is 0 Å². The Morgan fingerprint density at radius 3 is 2.08 bits per heavy atom. The van der Waals surface area contributed by atoms with Crippen molar-refractivity contribution in [3.63, 3.8) is 0 Å². The molecule has 0 aromatic rings. The molecule has 2 aliphatic carbocycles. The lowest BCUT2D eigenvalue weighted by Crippen LogP contribution is -2.58. The van der Waals surface area contributed by atoms with Gasteiger partial charge in [0.15, 0.2) is 0 Å². The van der Waals surface area contributed by atoms with Crippen molar-refractivity contribution >= 4 is 13.9 Å². The van der Waals surface area contributed by atoms with E-state index in [0.29, 0.717) is 5.78 Å². The maximum absolute atomic E-state index is 11.5. The molecule has 12 heavy (non-hydrogen) atoms. The third-order valence-electron chi connectivity index (χ3n) is 3.90. The summed E-state index contributed by atoms with van der Waals surface area (Å²) in [5.74, 6) is 0.584. The van der Waals surface area contributed by atoms with Crippen LogP contribution in [0, 0.1) is 5.41 Å². The molecule has 0 N–H and O–H groups in total. The third kappa shape index (κ3) is 0.874. The summed E-state index contributed by atoms with van der Waals surface area (Å²) >= 11 is 0. The van der Waals surface area contributed by atoms with Gasteiger partial charge < -0.3 is 0 Å². The van der Waals surface area contributed by atoms with Crippen LogP contribution < -0.4 is 0 Å². The normalized spacial score (nSPS) is 32.9. The highest BCUT2D eigenvalue weighted by Crippen LogP contribution is 2.63. The smallest absolute Gasteiger partial charge is 0.139 e. The van der Waals surface area contributed by atoms with E-state index in [2.05, 4.69) is 19.6 Å². The molecule has 1 unspecified atom stereocenters. The van der Waals surface area contributed by atoms with E-state index in [1.54, 1.807) is 0 Å². The fourth-order valence-electron chi connectivity index (χ4n) is 2.97. The number of rotatable bonds is 1. The maximum Gasteiger partial charge on any atom is 0.139 e. The van der Waals surface area contributed by atoms with Crippen molar-refractivity contribution in [3.05, 3.63) is 0 Å².